The Morgan fingerprint density at radius 3 is 1.00 bits per heavy atom. The fourth-order valence-electron chi connectivity index (χ4n) is 4.12. The van der Waals surface area contributed by atoms with E-state index in [2.05, 4.69) is 125 Å². The molecule has 0 aliphatic heterocycles. The lowest BCUT2D eigenvalue weighted by molar-refractivity contribution is -0.692. The summed E-state index contributed by atoms with van der Waals surface area (Å²) < 4.78 is 13.3. The van der Waals surface area contributed by atoms with Gasteiger partial charge < -0.3 is 0 Å². The van der Waals surface area contributed by atoms with Crippen molar-refractivity contribution in [2.45, 2.75) is 40.4 Å². The molecule has 0 N–H and O–H groups in total. The van der Waals surface area contributed by atoms with Gasteiger partial charge in [0.25, 0.3) is 0 Å². The SMILES string of the molecule is CC[n+]1cc(-c2cc(-c3c[n+](CC)cn3C)cc(-c3c[n+](CC)cn3C)c2)n(C)c1. The average molecular weight is 406 g/mol. The predicted octanol–water partition coefficient (Wildman–Crippen LogP) is 2.63. The van der Waals surface area contributed by atoms with Gasteiger partial charge in [0, 0.05) is 16.7 Å². The second kappa shape index (κ2) is 7.94. The van der Waals surface area contributed by atoms with Crippen molar-refractivity contribution in [3.63, 3.8) is 0 Å². The number of imidazole rings is 3. The minimum atomic E-state index is 0.961. The summed E-state index contributed by atoms with van der Waals surface area (Å²) in [7, 11) is 6.36. The third-order valence-corrected chi connectivity index (χ3v) is 5.88. The molecule has 6 heteroatoms. The zero-order chi connectivity index (χ0) is 21.4. The van der Waals surface area contributed by atoms with Crippen LogP contribution < -0.4 is 13.7 Å². The number of hydrogen-bond donors (Lipinski definition) is 0. The number of aromatic nitrogens is 6. The van der Waals surface area contributed by atoms with E-state index in [1.165, 1.54) is 33.8 Å². The van der Waals surface area contributed by atoms with E-state index in [1.807, 2.05) is 0 Å². The number of rotatable bonds is 6. The Kier molecular flexibility index (Phi) is 5.33. The lowest BCUT2D eigenvalue weighted by Gasteiger charge is -2.06. The van der Waals surface area contributed by atoms with Gasteiger partial charge in [0.2, 0.25) is 19.0 Å². The molecule has 0 aliphatic rings. The van der Waals surface area contributed by atoms with Gasteiger partial charge in [0.05, 0.1) is 40.8 Å². The first-order chi connectivity index (χ1) is 14.4. The Balaban J connectivity index is 1.94. The Hall–Kier alpha value is -3.15. The van der Waals surface area contributed by atoms with Gasteiger partial charge >= 0.3 is 0 Å². The zero-order valence-corrected chi connectivity index (χ0v) is 19.0. The van der Waals surface area contributed by atoms with Gasteiger partial charge in [0.15, 0.2) is 17.1 Å². The van der Waals surface area contributed by atoms with Gasteiger partial charge in [-0.1, -0.05) is 0 Å². The van der Waals surface area contributed by atoms with Crippen molar-refractivity contribution in [3.05, 3.63) is 55.8 Å². The number of nitrogens with zero attached hydrogens (tertiary/aromatic N) is 6. The summed E-state index contributed by atoms with van der Waals surface area (Å²) in [5.74, 6) is 0. The maximum atomic E-state index is 2.31. The minimum absolute atomic E-state index is 0.961. The molecule has 0 bridgehead atoms. The molecule has 4 aromatic rings. The molecule has 0 aliphatic carbocycles. The molecule has 0 fully saturated rings. The Labute approximate surface area is 178 Å². The molecule has 1 aromatic carbocycles. The second-order valence-corrected chi connectivity index (χ2v) is 8.01. The molecular weight excluding hydrogens is 372 g/mol. The second-order valence-electron chi connectivity index (χ2n) is 8.01. The summed E-state index contributed by atoms with van der Waals surface area (Å²) in [6.07, 6.45) is 13.2. The summed E-state index contributed by atoms with van der Waals surface area (Å²) in [4.78, 5) is 0. The van der Waals surface area contributed by atoms with E-state index in [4.69, 9.17) is 0 Å². The van der Waals surface area contributed by atoms with E-state index in [1.54, 1.807) is 0 Å². The van der Waals surface area contributed by atoms with Gasteiger partial charge in [-0.15, -0.1) is 0 Å². The smallest absolute Gasteiger partial charge is 0.236 e. The highest BCUT2D eigenvalue weighted by Gasteiger charge is 2.21. The van der Waals surface area contributed by atoms with Crippen LogP contribution in [0.2, 0.25) is 0 Å². The topological polar surface area (TPSA) is 26.4 Å². The summed E-state index contributed by atoms with van der Waals surface area (Å²) in [6.45, 7) is 9.40. The molecule has 0 atom stereocenters. The summed E-state index contributed by atoms with van der Waals surface area (Å²) in [5.41, 5.74) is 7.34. The Morgan fingerprint density at radius 1 is 0.533 bits per heavy atom. The van der Waals surface area contributed by atoms with Gasteiger partial charge in [-0.2, -0.15) is 0 Å². The normalized spacial score (nSPS) is 11.4. The first kappa shape index (κ1) is 20.1. The van der Waals surface area contributed by atoms with Crippen LogP contribution in [0.25, 0.3) is 33.8 Å². The van der Waals surface area contributed by atoms with E-state index < -0.39 is 0 Å². The monoisotopic (exact) mass is 405 g/mol. The lowest BCUT2D eigenvalue weighted by Crippen LogP contribution is -2.28. The van der Waals surface area contributed by atoms with Crippen molar-refractivity contribution >= 4 is 0 Å². The van der Waals surface area contributed by atoms with E-state index in [0.29, 0.717) is 0 Å². The van der Waals surface area contributed by atoms with Crippen LogP contribution in [0.1, 0.15) is 20.8 Å². The molecule has 3 aromatic heterocycles. The summed E-state index contributed by atoms with van der Waals surface area (Å²) in [6, 6.07) is 6.93. The van der Waals surface area contributed by atoms with E-state index in [0.717, 1.165) is 19.6 Å². The molecule has 0 saturated carbocycles. The van der Waals surface area contributed by atoms with Gasteiger partial charge in [-0.3, -0.25) is 0 Å². The Bertz CT molecular complexity index is 1030. The first-order valence-corrected chi connectivity index (χ1v) is 10.8. The van der Waals surface area contributed by atoms with Crippen molar-refractivity contribution in [2.24, 2.45) is 21.1 Å². The molecule has 156 valence electrons. The molecule has 0 radical (unpaired) electrons. The molecule has 30 heavy (non-hydrogen) atoms. The fourth-order valence-corrected chi connectivity index (χ4v) is 4.12. The van der Waals surface area contributed by atoms with Crippen LogP contribution in [-0.2, 0) is 40.8 Å². The van der Waals surface area contributed by atoms with Crippen LogP contribution in [0.15, 0.2) is 55.8 Å². The van der Waals surface area contributed by atoms with Crippen molar-refractivity contribution < 1.29 is 13.7 Å². The molecule has 0 saturated heterocycles. The largest absolute Gasteiger partial charge is 0.244 e. The molecule has 3 heterocycles. The maximum Gasteiger partial charge on any atom is 0.244 e. The molecule has 0 spiro atoms. The highest BCUT2D eigenvalue weighted by molar-refractivity contribution is 5.77. The van der Waals surface area contributed by atoms with E-state index in [9.17, 15) is 0 Å². The summed E-state index contributed by atoms with van der Waals surface area (Å²) >= 11 is 0. The third-order valence-electron chi connectivity index (χ3n) is 5.88. The molecule has 0 unspecified atom stereocenters. The third kappa shape index (κ3) is 3.58. The zero-order valence-electron chi connectivity index (χ0n) is 19.0. The van der Waals surface area contributed by atoms with Crippen molar-refractivity contribution in [3.8, 4) is 33.8 Å². The van der Waals surface area contributed by atoms with E-state index >= 15 is 0 Å². The highest BCUT2D eigenvalue weighted by atomic mass is 15.1. The molecule has 0 amide bonds. The minimum Gasteiger partial charge on any atom is -0.236 e. The van der Waals surface area contributed by atoms with Gasteiger partial charge in [0.1, 0.15) is 18.6 Å². The number of aryl methyl sites for hydroxylation is 6. The van der Waals surface area contributed by atoms with E-state index in [-0.39, 0.29) is 0 Å². The quantitative estimate of drug-likeness (QED) is 0.441. The van der Waals surface area contributed by atoms with Crippen molar-refractivity contribution in [2.75, 3.05) is 0 Å². The van der Waals surface area contributed by atoms with Crippen LogP contribution in [-0.4, -0.2) is 13.7 Å². The molecular formula is C24H33N6+3. The lowest BCUT2D eigenvalue weighted by atomic mass is 10.00. The van der Waals surface area contributed by atoms with Crippen LogP contribution in [0.3, 0.4) is 0 Å². The molecule has 4 rings (SSSR count). The number of benzene rings is 1. The van der Waals surface area contributed by atoms with Crippen LogP contribution in [0, 0.1) is 0 Å². The average Bonchev–Trinajstić information content (AvgIpc) is 3.43. The van der Waals surface area contributed by atoms with Crippen molar-refractivity contribution in [1.29, 1.82) is 0 Å². The van der Waals surface area contributed by atoms with Gasteiger partial charge in [-0.05, 0) is 39.0 Å². The van der Waals surface area contributed by atoms with Crippen LogP contribution in [0.5, 0.6) is 0 Å². The maximum absolute atomic E-state index is 2.31. The predicted molar refractivity (Wildman–Crippen MR) is 117 cm³/mol. The van der Waals surface area contributed by atoms with Gasteiger partial charge in [-0.25, -0.2) is 27.4 Å². The standard InChI is InChI=1S/C24H33N6/c1-7-28-13-22(25(4)16-28)19-10-20(23-14-29(8-2)17-26(23)5)12-21(11-19)24-15-30(9-3)18-27(24)6/h10-18H,7-9H2,1-6H3/q+3. The molecule has 6 nitrogen and oxygen atoms in total. The highest BCUT2D eigenvalue weighted by Crippen LogP contribution is 2.31. The Morgan fingerprint density at radius 2 is 0.800 bits per heavy atom. The number of hydrogen-bond acceptors (Lipinski definition) is 0. The fraction of sp³-hybridized carbons (Fsp3) is 0.375. The van der Waals surface area contributed by atoms with Crippen LogP contribution in [0.4, 0.5) is 0 Å². The first-order valence-electron chi connectivity index (χ1n) is 10.8. The van der Waals surface area contributed by atoms with Crippen molar-refractivity contribution in [1.82, 2.24) is 13.7 Å². The van der Waals surface area contributed by atoms with Crippen LogP contribution >= 0.6 is 0 Å². The summed E-state index contributed by atoms with van der Waals surface area (Å²) in [5, 5.41) is 0.